The summed E-state index contributed by atoms with van der Waals surface area (Å²) in [6, 6.07) is 12.9. The van der Waals surface area contributed by atoms with Gasteiger partial charge in [0, 0.05) is 23.7 Å². The molecule has 6 nitrogen and oxygen atoms in total. The highest BCUT2D eigenvalue weighted by atomic mass is 16.5. The van der Waals surface area contributed by atoms with Crippen molar-refractivity contribution < 1.29 is 18.8 Å². The molecule has 0 bridgehead atoms. The highest BCUT2D eigenvalue weighted by molar-refractivity contribution is 5.93. The highest BCUT2D eigenvalue weighted by Gasteiger charge is 2.16. The van der Waals surface area contributed by atoms with E-state index in [0.29, 0.717) is 24.5 Å². The lowest BCUT2D eigenvalue weighted by molar-refractivity contribution is 0.0933. The lowest BCUT2D eigenvalue weighted by atomic mass is 10.1. The SMILES string of the molecule is Cc1cc(C(O)CCNC(=O)c2cc(-c3ccccc3)on2)c(C)o1. The van der Waals surface area contributed by atoms with Crippen molar-refractivity contribution in [1.82, 2.24) is 10.5 Å². The predicted octanol–water partition coefficient (Wildman–Crippen LogP) is 3.40. The van der Waals surface area contributed by atoms with Crippen LogP contribution in [0.15, 0.2) is 51.4 Å². The van der Waals surface area contributed by atoms with Gasteiger partial charge in [-0.25, -0.2) is 0 Å². The van der Waals surface area contributed by atoms with E-state index < -0.39 is 6.10 Å². The molecule has 0 aliphatic carbocycles. The second kappa shape index (κ2) is 7.36. The van der Waals surface area contributed by atoms with E-state index in [-0.39, 0.29) is 11.6 Å². The van der Waals surface area contributed by atoms with Crippen molar-refractivity contribution in [3.63, 3.8) is 0 Å². The number of benzene rings is 1. The maximum atomic E-state index is 12.1. The number of aliphatic hydroxyl groups excluding tert-OH is 1. The van der Waals surface area contributed by atoms with Crippen molar-refractivity contribution in [2.24, 2.45) is 0 Å². The molecule has 1 unspecified atom stereocenters. The van der Waals surface area contributed by atoms with Crippen LogP contribution in [-0.2, 0) is 0 Å². The summed E-state index contributed by atoms with van der Waals surface area (Å²) in [7, 11) is 0. The summed E-state index contributed by atoms with van der Waals surface area (Å²) in [6.07, 6.45) is -0.301. The summed E-state index contributed by atoms with van der Waals surface area (Å²) in [5, 5.41) is 16.7. The third-order valence-corrected chi connectivity index (χ3v) is 3.94. The Bertz CT molecular complexity index is 851. The molecule has 1 amide bonds. The van der Waals surface area contributed by atoms with Crippen molar-refractivity contribution in [2.75, 3.05) is 6.54 Å². The molecular weight excluding hydrogens is 320 g/mol. The van der Waals surface area contributed by atoms with Gasteiger partial charge in [0.1, 0.15) is 11.5 Å². The molecule has 2 aromatic heterocycles. The Labute approximate surface area is 145 Å². The number of hydrogen-bond donors (Lipinski definition) is 2. The van der Waals surface area contributed by atoms with E-state index in [1.54, 1.807) is 6.07 Å². The number of carbonyl (C=O) groups is 1. The highest BCUT2D eigenvalue weighted by Crippen LogP contribution is 2.23. The molecule has 0 aliphatic rings. The smallest absolute Gasteiger partial charge is 0.273 e. The van der Waals surface area contributed by atoms with Gasteiger partial charge in [-0.15, -0.1) is 0 Å². The average Bonchev–Trinajstić information content (AvgIpc) is 3.22. The van der Waals surface area contributed by atoms with Gasteiger partial charge in [-0.2, -0.15) is 0 Å². The summed E-state index contributed by atoms with van der Waals surface area (Å²) in [4.78, 5) is 12.1. The molecule has 3 rings (SSSR count). The van der Waals surface area contributed by atoms with Gasteiger partial charge in [-0.1, -0.05) is 35.5 Å². The standard InChI is InChI=1S/C19H20N2O4/c1-12-10-15(13(2)24-12)17(22)8-9-20-19(23)16-11-18(25-21-16)14-6-4-3-5-7-14/h3-7,10-11,17,22H,8-9H2,1-2H3,(H,20,23). The number of aromatic nitrogens is 1. The Balaban J connectivity index is 1.55. The maximum absolute atomic E-state index is 12.1. The molecule has 2 N–H and O–H groups in total. The zero-order chi connectivity index (χ0) is 17.8. The lowest BCUT2D eigenvalue weighted by Gasteiger charge is -2.09. The molecule has 0 radical (unpaired) electrons. The molecule has 130 valence electrons. The Hall–Kier alpha value is -2.86. The van der Waals surface area contributed by atoms with Crippen molar-refractivity contribution in [3.05, 3.63) is 65.2 Å². The van der Waals surface area contributed by atoms with Crippen LogP contribution in [0.3, 0.4) is 0 Å². The van der Waals surface area contributed by atoms with Crippen LogP contribution in [0.25, 0.3) is 11.3 Å². The van der Waals surface area contributed by atoms with E-state index in [1.165, 1.54) is 0 Å². The molecule has 2 heterocycles. The normalized spacial score (nSPS) is 12.1. The van der Waals surface area contributed by atoms with E-state index in [4.69, 9.17) is 8.94 Å². The van der Waals surface area contributed by atoms with Gasteiger partial charge < -0.3 is 19.4 Å². The Morgan fingerprint density at radius 2 is 2.00 bits per heavy atom. The number of amides is 1. The second-order valence-corrected chi connectivity index (χ2v) is 5.87. The zero-order valence-corrected chi connectivity index (χ0v) is 14.2. The van der Waals surface area contributed by atoms with E-state index in [9.17, 15) is 9.90 Å². The number of aliphatic hydroxyl groups is 1. The molecule has 1 atom stereocenters. The number of nitrogens with zero attached hydrogens (tertiary/aromatic N) is 1. The van der Waals surface area contributed by atoms with Gasteiger partial charge in [0.2, 0.25) is 0 Å². The molecule has 3 aromatic rings. The molecule has 0 spiro atoms. The first-order valence-electron chi connectivity index (χ1n) is 8.10. The van der Waals surface area contributed by atoms with E-state index in [1.807, 2.05) is 50.2 Å². The molecule has 0 fully saturated rings. The van der Waals surface area contributed by atoms with Crippen LogP contribution in [0.5, 0.6) is 0 Å². The first-order chi connectivity index (χ1) is 12.0. The summed E-state index contributed by atoms with van der Waals surface area (Å²) in [5.41, 5.74) is 1.82. The largest absolute Gasteiger partial charge is 0.466 e. The van der Waals surface area contributed by atoms with E-state index in [2.05, 4.69) is 10.5 Å². The monoisotopic (exact) mass is 340 g/mol. The van der Waals surface area contributed by atoms with E-state index >= 15 is 0 Å². The van der Waals surface area contributed by atoms with Crippen LogP contribution in [0.1, 0.15) is 40.1 Å². The molecule has 1 aromatic carbocycles. The number of hydrogen-bond acceptors (Lipinski definition) is 5. The van der Waals surface area contributed by atoms with E-state index in [0.717, 1.165) is 16.9 Å². The Morgan fingerprint density at radius 1 is 1.24 bits per heavy atom. The van der Waals surface area contributed by atoms with Crippen LogP contribution in [0.4, 0.5) is 0 Å². The fourth-order valence-corrected chi connectivity index (χ4v) is 2.67. The molecule has 6 heteroatoms. The Morgan fingerprint density at radius 3 is 2.68 bits per heavy atom. The van der Waals surface area contributed by atoms with Gasteiger partial charge in [-0.3, -0.25) is 4.79 Å². The van der Waals surface area contributed by atoms with Crippen LogP contribution in [-0.4, -0.2) is 22.7 Å². The summed E-state index contributed by atoms with van der Waals surface area (Å²) < 4.78 is 10.6. The quantitative estimate of drug-likeness (QED) is 0.718. The van der Waals surface area contributed by atoms with Crippen LogP contribution in [0, 0.1) is 13.8 Å². The topological polar surface area (TPSA) is 88.5 Å². The fourth-order valence-electron chi connectivity index (χ4n) is 2.67. The zero-order valence-electron chi connectivity index (χ0n) is 14.2. The minimum Gasteiger partial charge on any atom is -0.466 e. The van der Waals surface area contributed by atoms with Crippen molar-refractivity contribution in [2.45, 2.75) is 26.4 Å². The first-order valence-corrected chi connectivity index (χ1v) is 8.10. The maximum Gasteiger partial charge on any atom is 0.273 e. The van der Waals surface area contributed by atoms with Crippen molar-refractivity contribution in [1.29, 1.82) is 0 Å². The Kier molecular flexibility index (Phi) is 5.00. The fraction of sp³-hybridized carbons (Fsp3) is 0.263. The number of furan rings is 1. The lowest BCUT2D eigenvalue weighted by Crippen LogP contribution is -2.25. The summed E-state index contributed by atoms with van der Waals surface area (Å²) in [5.74, 6) is 1.65. The van der Waals surface area contributed by atoms with Gasteiger partial charge in [0.25, 0.3) is 5.91 Å². The summed E-state index contributed by atoms with van der Waals surface area (Å²) in [6.45, 7) is 3.96. The molecule has 0 aliphatic heterocycles. The van der Waals surface area contributed by atoms with Gasteiger partial charge >= 0.3 is 0 Å². The minimum absolute atomic E-state index is 0.212. The summed E-state index contributed by atoms with van der Waals surface area (Å²) >= 11 is 0. The molecule has 0 saturated carbocycles. The second-order valence-electron chi connectivity index (χ2n) is 5.87. The van der Waals surface area contributed by atoms with Crippen LogP contribution in [0.2, 0.25) is 0 Å². The van der Waals surface area contributed by atoms with Gasteiger partial charge in [0.15, 0.2) is 11.5 Å². The molecule has 25 heavy (non-hydrogen) atoms. The van der Waals surface area contributed by atoms with Crippen LogP contribution < -0.4 is 5.32 Å². The van der Waals surface area contributed by atoms with Crippen LogP contribution >= 0.6 is 0 Å². The van der Waals surface area contributed by atoms with Gasteiger partial charge in [-0.05, 0) is 26.3 Å². The average molecular weight is 340 g/mol. The number of nitrogens with one attached hydrogen (secondary N) is 1. The van der Waals surface area contributed by atoms with Crippen molar-refractivity contribution >= 4 is 5.91 Å². The van der Waals surface area contributed by atoms with Gasteiger partial charge in [0.05, 0.1) is 6.10 Å². The minimum atomic E-state index is -0.685. The first kappa shape index (κ1) is 17.0. The predicted molar refractivity (Wildman–Crippen MR) is 92.0 cm³/mol. The third kappa shape index (κ3) is 3.97. The number of carbonyl (C=O) groups excluding carboxylic acids is 1. The molecule has 0 saturated heterocycles. The third-order valence-electron chi connectivity index (χ3n) is 3.94. The number of aryl methyl sites for hydroxylation is 2. The molecular formula is C19H20N2O4. The number of rotatable bonds is 6. The van der Waals surface area contributed by atoms with Crippen molar-refractivity contribution in [3.8, 4) is 11.3 Å².